The van der Waals surface area contributed by atoms with Crippen molar-refractivity contribution in [2.75, 3.05) is 12.3 Å². The largest absolute Gasteiger partial charge is 0.387 e. The van der Waals surface area contributed by atoms with Crippen LogP contribution < -0.4 is 5.32 Å². The lowest BCUT2D eigenvalue weighted by Gasteiger charge is -2.45. The van der Waals surface area contributed by atoms with Crippen LogP contribution in [0.2, 0.25) is 0 Å². The summed E-state index contributed by atoms with van der Waals surface area (Å²) < 4.78 is 5.19. The van der Waals surface area contributed by atoms with Crippen LogP contribution >= 0.6 is 11.8 Å². The minimum Gasteiger partial charge on any atom is -0.387 e. The van der Waals surface area contributed by atoms with Gasteiger partial charge >= 0.3 is 0 Å². The molecule has 1 aromatic heterocycles. The number of hydrogen-bond acceptors (Lipinski definition) is 5. The number of carbonyl (C=O) groups excluding carboxylic acids is 1. The van der Waals surface area contributed by atoms with Crippen molar-refractivity contribution in [2.24, 2.45) is 0 Å². The Morgan fingerprint density at radius 2 is 2.36 bits per heavy atom. The lowest BCUT2D eigenvalue weighted by molar-refractivity contribution is -0.122. The van der Waals surface area contributed by atoms with Crippen LogP contribution in [0.25, 0.3) is 11.0 Å². The molecule has 1 amide bonds. The average Bonchev–Trinajstić information content (AvgIpc) is 2.92. The van der Waals surface area contributed by atoms with Crippen LogP contribution in [0.5, 0.6) is 0 Å². The smallest absolute Gasteiger partial charge is 0.226 e. The Hall–Kier alpha value is -1.53. The van der Waals surface area contributed by atoms with Gasteiger partial charge in [-0.25, -0.2) is 0 Å². The minimum atomic E-state index is -0.762. The first-order valence-electron chi connectivity index (χ1n) is 7.56. The Kier molecular flexibility index (Phi) is 4.40. The number of fused-ring (bicyclic) bond motifs is 1. The maximum absolute atomic E-state index is 12.1. The number of benzene rings is 1. The van der Waals surface area contributed by atoms with Gasteiger partial charge in [0.2, 0.25) is 5.91 Å². The summed E-state index contributed by atoms with van der Waals surface area (Å²) in [5, 5.41) is 18.4. The van der Waals surface area contributed by atoms with Crippen molar-refractivity contribution in [1.29, 1.82) is 0 Å². The average molecular weight is 320 g/mol. The Bertz CT molecular complexity index is 672. The van der Waals surface area contributed by atoms with Crippen LogP contribution in [0.4, 0.5) is 0 Å². The van der Waals surface area contributed by atoms with Crippen molar-refractivity contribution in [3.63, 3.8) is 0 Å². The highest BCUT2D eigenvalue weighted by molar-refractivity contribution is 8.00. The second kappa shape index (κ2) is 6.30. The number of carbonyl (C=O) groups is 1. The summed E-state index contributed by atoms with van der Waals surface area (Å²) in [6.07, 6.45) is 1.93. The number of para-hydroxylation sites is 1. The monoisotopic (exact) mass is 320 g/mol. The van der Waals surface area contributed by atoms with E-state index in [0.29, 0.717) is 17.8 Å². The molecule has 6 heteroatoms. The molecule has 0 bridgehead atoms. The second-order valence-electron chi connectivity index (χ2n) is 5.67. The van der Waals surface area contributed by atoms with E-state index in [1.54, 1.807) is 11.8 Å². The van der Waals surface area contributed by atoms with Gasteiger partial charge in [-0.15, -0.1) is 0 Å². The fraction of sp³-hybridized carbons (Fsp3) is 0.500. The molecule has 0 saturated heterocycles. The molecule has 1 heterocycles. The van der Waals surface area contributed by atoms with Gasteiger partial charge in [0.05, 0.1) is 12.0 Å². The summed E-state index contributed by atoms with van der Waals surface area (Å²) in [4.78, 5) is 12.1. The maximum Gasteiger partial charge on any atom is 0.226 e. The van der Waals surface area contributed by atoms with Gasteiger partial charge in [0, 0.05) is 17.2 Å². The van der Waals surface area contributed by atoms with Gasteiger partial charge < -0.3 is 14.9 Å². The molecule has 0 unspecified atom stereocenters. The van der Waals surface area contributed by atoms with Crippen molar-refractivity contribution in [2.45, 2.75) is 37.0 Å². The number of nitrogens with zero attached hydrogens (tertiary/aromatic N) is 1. The summed E-state index contributed by atoms with van der Waals surface area (Å²) >= 11 is 1.76. The predicted octanol–water partition coefficient (Wildman–Crippen LogP) is 2.13. The second-order valence-corrected chi connectivity index (χ2v) is 7.14. The molecular formula is C16H20N2O3S. The van der Waals surface area contributed by atoms with E-state index in [1.807, 2.05) is 24.3 Å². The Morgan fingerprint density at radius 3 is 3.09 bits per heavy atom. The highest BCUT2D eigenvalue weighted by Gasteiger charge is 2.45. The predicted molar refractivity (Wildman–Crippen MR) is 86.8 cm³/mol. The molecule has 1 saturated carbocycles. The summed E-state index contributed by atoms with van der Waals surface area (Å²) in [7, 11) is 0. The van der Waals surface area contributed by atoms with Crippen molar-refractivity contribution in [3.05, 3.63) is 30.0 Å². The summed E-state index contributed by atoms with van der Waals surface area (Å²) in [6, 6.07) is 7.48. The quantitative estimate of drug-likeness (QED) is 0.853. The van der Waals surface area contributed by atoms with Gasteiger partial charge in [-0.2, -0.15) is 11.8 Å². The van der Waals surface area contributed by atoms with Crippen molar-refractivity contribution in [3.8, 4) is 0 Å². The zero-order valence-electron chi connectivity index (χ0n) is 12.5. The van der Waals surface area contributed by atoms with Crippen LogP contribution in [0.1, 0.15) is 25.5 Å². The zero-order valence-corrected chi connectivity index (χ0v) is 13.4. The van der Waals surface area contributed by atoms with E-state index in [1.165, 1.54) is 0 Å². The number of nitrogens with one attached hydrogen (secondary N) is 1. The van der Waals surface area contributed by atoms with E-state index in [2.05, 4.69) is 17.4 Å². The first kappa shape index (κ1) is 15.4. The molecule has 0 aliphatic heterocycles. The first-order valence-corrected chi connectivity index (χ1v) is 8.61. The topological polar surface area (TPSA) is 75.4 Å². The molecular weight excluding hydrogens is 300 g/mol. The van der Waals surface area contributed by atoms with Gasteiger partial charge in [-0.1, -0.05) is 24.2 Å². The van der Waals surface area contributed by atoms with Crippen LogP contribution in [0.15, 0.2) is 28.8 Å². The van der Waals surface area contributed by atoms with Crippen molar-refractivity contribution in [1.82, 2.24) is 10.5 Å². The fourth-order valence-electron chi connectivity index (χ4n) is 2.77. The number of aromatic nitrogens is 1. The number of hydrogen-bond donors (Lipinski definition) is 2. The van der Waals surface area contributed by atoms with Crippen LogP contribution in [0.3, 0.4) is 0 Å². The Balaban J connectivity index is 1.57. The molecule has 1 aliphatic carbocycles. The van der Waals surface area contributed by atoms with Crippen LogP contribution in [0, 0.1) is 0 Å². The molecule has 22 heavy (non-hydrogen) atoms. The first-order chi connectivity index (χ1) is 10.6. The molecule has 1 aromatic carbocycles. The van der Waals surface area contributed by atoms with Gasteiger partial charge in [-0.05, 0) is 30.7 Å². The van der Waals surface area contributed by atoms with Crippen LogP contribution in [-0.2, 0) is 11.2 Å². The Morgan fingerprint density at radius 1 is 1.55 bits per heavy atom. The number of rotatable bonds is 6. The van der Waals surface area contributed by atoms with Crippen LogP contribution in [-0.4, -0.2) is 39.3 Å². The molecule has 2 aromatic rings. The van der Waals surface area contributed by atoms with E-state index < -0.39 is 5.60 Å². The van der Waals surface area contributed by atoms with Gasteiger partial charge in [0.1, 0.15) is 5.69 Å². The third kappa shape index (κ3) is 2.98. The molecule has 0 radical (unpaired) electrons. The molecule has 1 fully saturated rings. The minimum absolute atomic E-state index is 0.139. The van der Waals surface area contributed by atoms with E-state index in [9.17, 15) is 9.90 Å². The summed E-state index contributed by atoms with van der Waals surface area (Å²) in [6.45, 7) is 2.39. The summed E-state index contributed by atoms with van der Waals surface area (Å²) in [5.41, 5.74) is 0.554. The third-order valence-corrected chi connectivity index (χ3v) is 5.59. The Labute approximate surface area is 133 Å². The van der Waals surface area contributed by atoms with E-state index in [-0.39, 0.29) is 17.6 Å². The standard InChI is InChI=1S/C16H20N2O3S/c1-2-22-14-7-8-16(14,20)10-17-15(19)9-12-11-5-3-4-6-13(11)21-18-12/h3-6,14,20H,2,7-10H2,1H3,(H,17,19)/t14-,16-/m1/s1. The fourth-order valence-corrected chi connectivity index (χ4v) is 3.97. The van der Waals surface area contributed by atoms with E-state index in [4.69, 9.17) is 4.52 Å². The van der Waals surface area contributed by atoms with Gasteiger partial charge in [0.15, 0.2) is 5.58 Å². The van der Waals surface area contributed by atoms with Crippen molar-refractivity contribution >= 4 is 28.6 Å². The lowest BCUT2D eigenvalue weighted by Crippen LogP contribution is -2.57. The SMILES string of the molecule is CCS[C@@H]1CC[C@@]1(O)CNC(=O)Cc1noc2ccccc12. The number of aliphatic hydroxyl groups is 1. The molecule has 5 nitrogen and oxygen atoms in total. The third-order valence-electron chi connectivity index (χ3n) is 4.18. The van der Waals surface area contributed by atoms with Gasteiger partial charge in [0.25, 0.3) is 0 Å². The molecule has 1 aliphatic rings. The van der Waals surface area contributed by atoms with E-state index >= 15 is 0 Å². The van der Waals surface area contributed by atoms with Crippen molar-refractivity contribution < 1.29 is 14.4 Å². The highest BCUT2D eigenvalue weighted by atomic mass is 32.2. The maximum atomic E-state index is 12.1. The molecule has 2 atom stereocenters. The molecule has 0 spiro atoms. The van der Waals surface area contributed by atoms with E-state index in [0.717, 1.165) is 24.0 Å². The lowest BCUT2D eigenvalue weighted by atomic mass is 9.79. The molecule has 2 N–H and O–H groups in total. The zero-order chi connectivity index (χ0) is 15.6. The molecule has 118 valence electrons. The molecule has 3 rings (SSSR count). The summed E-state index contributed by atoms with van der Waals surface area (Å²) in [5.74, 6) is 0.839. The van der Waals surface area contributed by atoms with Gasteiger partial charge in [-0.3, -0.25) is 4.79 Å². The number of amides is 1. The highest BCUT2D eigenvalue weighted by Crippen LogP contribution is 2.40. The normalized spacial score (nSPS) is 24.2. The number of thioether (sulfide) groups is 1.